The molecule has 0 radical (unpaired) electrons. The van der Waals surface area contributed by atoms with Crippen molar-refractivity contribution in [3.63, 3.8) is 0 Å². The van der Waals surface area contributed by atoms with Crippen LogP contribution in [-0.4, -0.2) is 0 Å². The van der Waals surface area contributed by atoms with Crippen molar-refractivity contribution < 1.29 is 4.39 Å². The quantitative estimate of drug-likeness (QED) is 0.463. The predicted molar refractivity (Wildman–Crippen MR) is 45.3 cm³/mol. The minimum Gasteiger partial charge on any atom is -0.398 e. The molecule has 0 unspecified atom stereocenters. The van der Waals surface area contributed by atoms with Gasteiger partial charge in [0.15, 0.2) is 0 Å². The molecule has 56 valence electrons. The average Bonchev–Trinajstić information content (AvgIpc) is 1.80. The summed E-state index contributed by atoms with van der Waals surface area (Å²) in [7, 11) is 0. The minimum absolute atomic E-state index is 0. The third-order valence-electron chi connectivity index (χ3n) is 0.992. The summed E-state index contributed by atoms with van der Waals surface area (Å²) in [4.78, 5) is 0.481. The molecule has 0 aliphatic heterocycles. The smallest absolute Gasteiger partial charge is 0.124 e. The summed E-state index contributed by atoms with van der Waals surface area (Å²) in [6.45, 7) is 0. The number of nitrogens with two attached hydrogens (primary N) is 1. The van der Waals surface area contributed by atoms with Gasteiger partial charge < -0.3 is 5.73 Å². The van der Waals surface area contributed by atoms with Gasteiger partial charge in [-0.1, -0.05) is 0 Å². The number of thiol groups is 1. The Hall–Kier alpha value is -0.410. The van der Waals surface area contributed by atoms with Crippen LogP contribution < -0.4 is 5.73 Å². The van der Waals surface area contributed by atoms with Crippen LogP contribution in [0.2, 0.25) is 0 Å². The highest BCUT2D eigenvalue weighted by molar-refractivity contribution is 7.80. The lowest BCUT2D eigenvalue weighted by molar-refractivity contribution is 0.625. The summed E-state index contributed by atoms with van der Waals surface area (Å²) in [5.41, 5.74) is 5.85. The summed E-state index contributed by atoms with van der Waals surface area (Å²) in [5, 5.41) is 0. The molecule has 1 aromatic rings. The molecular weight excluding hydrogens is 173 g/mol. The van der Waals surface area contributed by atoms with Crippen LogP contribution in [0.15, 0.2) is 23.1 Å². The number of hydrogen-bond acceptors (Lipinski definition) is 2. The molecule has 0 atom stereocenters. The Kier molecular flexibility index (Phi) is 3.53. The van der Waals surface area contributed by atoms with Crippen LogP contribution >= 0.6 is 25.0 Å². The summed E-state index contributed by atoms with van der Waals surface area (Å²) < 4.78 is 12.2. The Morgan fingerprint density at radius 2 is 2.00 bits per heavy atom. The molecule has 2 N–H and O–H groups in total. The number of rotatable bonds is 0. The van der Waals surface area contributed by atoms with Crippen LogP contribution in [-0.2, 0) is 0 Å². The maximum atomic E-state index is 12.2. The van der Waals surface area contributed by atoms with Crippen molar-refractivity contribution in [2.75, 3.05) is 5.73 Å². The molecule has 4 heteroatoms. The van der Waals surface area contributed by atoms with Gasteiger partial charge in [0.25, 0.3) is 0 Å². The molecule has 0 aromatic heterocycles. The zero-order chi connectivity index (χ0) is 6.85. The fourth-order valence-corrected chi connectivity index (χ4v) is 0.715. The van der Waals surface area contributed by atoms with E-state index in [1.807, 2.05) is 0 Å². The maximum Gasteiger partial charge on any atom is 0.124 e. The second-order valence-corrected chi connectivity index (χ2v) is 2.18. The van der Waals surface area contributed by atoms with Crippen LogP contribution in [0.25, 0.3) is 0 Å². The molecule has 1 aromatic carbocycles. The first-order valence-corrected chi connectivity index (χ1v) is 2.89. The summed E-state index contributed by atoms with van der Waals surface area (Å²) >= 11 is 3.90. The lowest BCUT2D eigenvalue weighted by Crippen LogP contribution is -1.86. The molecule has 1 rings (SSSR count). The van der Waals surface area contributed by atoms with Gasteiger partial charge in [-0.05, 0) is 18.2 Å². The first-order valence-electron chi connectivity index (χ1n) is 2.44. The average molecular weight is 180 g/mol. The SMILES string of the molecule is Cl.Nc1ccc(F)cc1S. The second kappa shape index (κ2) is 3.68. The summed E-state index contributed by atoms with van der Waals surface area (Å²) in [6, 6.07) is 4.06. The lowest BCUT2D eigenvalue weighted by atomic mass is 10.3. The van der Waals surface area contributed by atoms with Crippen LogP contribution in [0.1, 0.15) is 0 Å². The van der Waals surface area contributed by atoms with Gasteiger partial charge in [0.2, 0.25) is 0 Å². The molecular formula is C6H7ClFNS. The molecule has 0 heterocycles. The standard InChI is InChI=1S/C6H6FNS.ClH/c7-4-1-2-5(8)6(9)3-4;/h1-3,9H,8H2;1H. The van der Waals surface area contributed by atoms with Gasteiger partial charge in [-0.25, -0.2) is 4.39 Å². The van der Waals surface area contributed by atoms with Crippen LogP contribution in [0, 0.1) is 5.82 Å². The van der Waals surface area contributed by atoms with E-state index in [0.29, 0.717) is 10.6 Å². The van der Waals surface area contributed by atoms with Gasteiger partial charge in [-0.15, -0.1) is 25.0 Å². The van der Waals surface area contributed by atoms with E-state index >= 15 is 0 Å². The fraction of sp³-hybridized carbons (Fsp3) is 0. The molecule has 0 aliphatic rings. The molecule has 0 saturated carbocycles. The molecule has 0 amide bonds. The van der Waals surface area contributed by atoms with Gasteiger partial charge in [0.05, 0.1) is 0 Å². The van der Waals surface area contributed by atoms with Crippen molar-refractivity contribution >= 4 is 30.7 Å². The van der Waals surface area contributed by atoms with E-state index in [4.69, 9.17) is 5.73 Å². The molecule has 0 saturated heterocycles. The van der Waals surface area contributed by atoms with E-state index in [2.05, 4.69) is 12.6 Å². The third-order valence-corrected chi connectivity index (χ3v) is 1.38. The van der Waals surface area contributed by atoms with Gasteiger partial charge in [0.1, 0.15) is 5.82 Å². The Balaban J connectivity index is 0.000000810. The highest BCUT2D eigenvalue weighted by Crippen LogP contribution is 2.16. The van der Waals surface area contributed by atoms with E-state index in [-0.39, 0.29) is 18.2 Å². The van der Waals surface area contributed by atoms with Crippen molar-refractivity contribution in [1.29, 1.82) is 0 Å². The third kappa shape index (κ3) is 2.08. The number of hydrogen-bond donors (Lipinski definition) is 2. The molecule has 1 nitrogen and oxygen atoms in total. The van der Waals surface area contributed by atoms with Gasteiger partial charge in [-0.2, -0.15) is 0 Å². The Bertz CT molecular complexity index is 229. The topological polar surface area (TPSA) is 26.0 Å². The number of halogens is 2. The lowest BCUT2D eigenvalue weighted by Gasteiger charge is -1.95. The van der Waals surface area contributed by atoms with E-state index in [1.54, 1.807) is 0 Å². The normalized spacial score (nSPS) is 8.60. The Morgan fingerprint density at radius 1 is 1.40 bits per heavy atom. The monoisotopic (exact) mass is 179 g/mol. The molecule has 0 fully saturated rings. The molecule has 0 bridgehead atoms. The van der Waals surface area contributed by atoms with Crippen LogP contribution in [0.5, 0.6) is 0 Å². The Labute approximate surface area is 70.2 Å². The first kappa shape index (κ1) is 9.59. The highest BCUT2D eigenvalue weighted by Gasteiger charge is 1.93. The van der Waals surface area contributed by atoms with E-state index in [9.17, 15) is 4.39 Å². The predicted octanol–water partition coefficient (Wildman–Crippen LogP) is 2.12. The van der Waals surface area contributed by atoms with Gasteiger partial charge in [0, 0.05) is 10.6 Å². The first-order chi connectivity index (χ1) is 4.20. The molecule has 0 aliphatic carbocycles. The minimum atomic E-state index is -0.311. The fourth-order valence-electron chi connectivity index (χ4n) is 0.517. The zero-order valence-corrected chi connectivity index (χ0v) is 6.75. The zero-order valence-electron chi connectivity index (χ0n) is 5.04. The van der Waals surface area contributed by atoms with E-state index < -0.39 is 0 Å². The van der Waals surface area contributed by atoms with Crippen molar-refractivity contribution in [2.45, 2.75) is 4.90 Å². The van der Waals surface area contributed by atoms with Crippen molar-refractivity contribution in [1.82, 2.24) is 0 Å². The molecule has 0 spiro atoms. The van der Waals surface area contributed by atoms with Crippen molar-refractivity contribution in [3.8, 4) is 0 Å². The van der Waals surface area contributed by atoms with Crippen LogP contribution in [0.4, 0.5) is 10.1 Å². The van der Waals surface area contributed by atoms with Gasteiger partial charge in [-0.3, -0.25) is 0 Å². The number of anilines is 1. The van der Waals surface area contributed by atoms with Gasteiger partial charge >= 0.3 is 0 Å². The molecule has 10 heavy (non-hydrogen) atoms. The van der Waals surface area contributed by atoms with E-state index in [0.717, 1.165) is 0 Å². The van der Waals surface area contributed by atoms with E-state index in [1.165, 1.54) is 18.2 Å². The maximum absolute atomic E-state index is 12.2. The largest absolute Gasteiger partial charge is 0.398 e. The second-order valence-electron chi connectivity index (χ2n) is 1.70. The van der Waals surface area contributed by atoms with Crippen LogP contribution in [0.3, 0.4) is 0 Å². The highest BCUT2D eigenvalue weighted by atomic mass is 35.5. The number of nitrogen functional groups attached to an aromatic ring is 1. The Morgan fingerprint density at radius 3 is 2.40 bits per heavy atom. The van der Waals surface area contributed by atoms with Crippen molar-refractivity contribution in [3.05, 3.63) is 24.0 Å². The summed E-state index contributed by atoms with van der Waals surface area (Å²) in [5.74, 6) is -0.311. The number of benzene rings is 1. The van der Waals surface area contributed by atoms with Crippen molar-refractivity contribution in [2.24, 2.45) is 0 Å². The summed E-state index contributed by atoms with van der Waals surface area (Å²) in [6.07, 6.45) is 0.